The Labute approximate surface area is 130 Å². The van der Waals surface area contributed by atoms with Crippen LogP contribution < -0.4 is 5.73 Å². The maximum absolute atomic E-state index is 12.4. The summed E-state index contributed by atoms with van der Waals surface area (Å²) in [5.41, 5.74) is 5.01. The highest BCUT2D eigenvalue weighted by molar-refractivity contribution is 5.76. The second-order valence-corrected chi connectivity index (χ2v) is 4.97. The lowest BCUT2D eigenvalue weighted by atomic mass is 9.96. The van der Waals surface area contributed by atoms with E-state index in [-0.39, 0.29) is 12.8 Å². The number of halogens is 3. The van der Waals surface area contributed by atoms with Gasteiger partial charge >= 0.3 is 18.1 Å². The maximum Gasteiger partial charge on any atom is 0.416 e. The van der Waals surface area contributed by atoms with E-state index in [0.717, 1.165) is 12.1 Å². The first kappa shape index (κ1) is 18.7. The Kier molecular flexibility index (Phi) is 6.32. The zero-order valence-electron chi connectivity index (χ0n) is 12.0. The summed E-state index contributed by atoms with van der Waals surface area (Å²) in [4.78, 5) is 21.7. The summed E-state index contributed by atoms with van der Waals surface area (Å²) in [6.45, 7) is 0. The molecule has 23 heavy (non-hydrogen) atoms. The number of carbonyl (C=O) groups is 2. The molecule has 1 rings (SSSR count). The number of allylic oxidation sites excluding steroid dienone is 1. The number of rotatable bonds is 7. The Hall–Kier alpha value is -2.35. The van der Waals surface area contributed by atoms with Crippen molar-refractivity contribution in [3.8, 4) is 0 Å². The number of carboxylic acid groups (broad SMARTS) is 2. The van der Waals surface area contributed by atoms with E-state index >= 15 is 0 Å². The summed E-state index contributed by atoms with van der Waals surface area (Å²) in [5, 5.41) is 17.7. The number of aliphatic carboxylic acids is 2. The van der Waals surface area contributed by atoms with Crippen LogP contribution in [0, 0.1) is 5.92 Å². The van der Waals surface area contributed by atoms with Gasteiger partial charge in [-0.25, -0.2) is 0 Å². The lowest BCUT2D eigenvalue weighted by Gasteiger charge is -2.12. The van der Waals surface area contributed by atoms with Crippen molar-refractivity contribution in [1.29, 1.82) is 0 Å². The Morgan fingerprint density at radius 2 is 1.70 bits per heavy atom. The van der Waals surface area contributed by atoms with E-state index in [2.05, 4.69) is 0 Å². The molecule has 1 aromatic rings. The first-order valence-corrected chi connectivity index (χ1v) is 6.66. The van der Waals surface area contributed by atoms with Gasteiger partial charge in [-0.3, -0.25) is 9.59 Å². The largest absolute Gasteiger partial charge is 0.481 e. The van der Waals surface area contributed by atoms with Crippen LogP contribution in [0.5, 0.6) is 0 Å². The molecule has 0 saturated heterocycles. The minimum atomic E-state index is -4.41. The summed E-state index contributed by atoms with van der Waals surface area (Å²) < 4.78 is 37.2. The van der Waals surface area contributed by atoms with Crippen LogP contribution in [0.15, 0.2) is 30.3 Å². The zero-order chi connectivity index (χ0) is 17.6. The van der Waals surface area contributed by atoms with Gasteiger partial charge in [0.15, 0.2) is 0 Å². The monoisotopic (exact) mass is 331 g/mol. The van der Waals surface area contributed by atoms with Gasteiger partial charge in [0.05, 0.1) is 11.5 Å². The fraction of sp³-hybridized carbons (Fsp3) is 0.333. The minimum Gasteiger partial charge on any atom is -0.481 e. The average molecular weight is 331 g/mol. The molecule has 0 heterocycles. The highest BCUT2D eigenvalue weighted by Gasteiger charge is 2.29. The molecular weight excluding hydrogens is 315 g/mol. The fourth-order valence-electron chi connectivity index (χ4n) is 1.86. The van der Waals surface area contributed by atoms with Gasteiger partial charge in [0, 0.05) is 0 Å². The molecule has 0 aliphatic rings. The van der Waals surface area contributed by atoms with E-state index in [1.54, 1.807) is 0 Å². The van der Waals surface area contributed by atoms with Crippen molar-refractivity contribution < 1.29 is 33.0 Å². The summed E-state index contributed by atoms with van der Waals surface area (Å²) in [6.07, 6.45) is -1.68. The van der Waals surface area contributed by atoms with Gasteiger partial charge in [0.25, 0.3) is 0 Å². The van der Waals surface area contributed by atoms with Crippen molar-refractivity contribution in [2.45, 2.75) is 25.1 Å². The van der Waals surface area contributed by atoms with Crippen molar-refractivity contribution in [1.82, 2.24) is 0 Å². The molecule has 0 saturated carbocycles. The molecule has 0 fully saturated rings. The molecule has 4 N–H and O–H groups in total. The molecule has 0 spiro atoms. The third-order valence-electron chi connectivity index (χ3n) is 3.17. The van der Waals surface area contributed by atoms with E-state index in [4.69, 9.17) is 15.9 Å². The highest BCUT2D eigenvalue weighted by atomic mass is 19.4. The van der Waals surface area contributed by atoms with Crippen molar-refractivity contribution in [3.05, 3.63) is 41.5 Å². The van der Waals surface area contributed by atoms with Crippen LogP contribution >= 0.6 is 0 Å². The molecule has 0 radical (unpaired) electrons. The van der Waals surface area contributed by atoms with E-state index in [9.17, 15) is 22.8 Å². The second-order valence-electron chi connectivity index (χ2n) is 4.97. The summed E-state index contributed by atoms with van der Waals surface area (Å²) in [5.74, 6) is -3.45. The Bertz CT molecular complexity index is 581. The smallest absolute Gasteiger partial charge is 0.416 e. The molecule has 1 aromatic carbocycles. The summed E-state index contributed by atoms with van der Waals surface area (Å²) in [6, 6.07) is 3.09. The Morgan fingerprint density at radius 1 is 1.13 bits per heavy atom. The topological polar surface area (TPSA) is 101 Å². The van der Waals surface area contributed by atoms with Crippen LogP contribution in [0.2, 0.25) is 0 Å². The fourth-order valence-corrected chi connectivity index (χ4v) is 1.86. The van der Waals surface area contributed by atoms with Crippen molar-refractivity contribution in [2.75, 3.05) is 0 Å². The predicted molar refractivity (Wildman–Crippen MR) is 76.4 cm³/mol. The van der Waals surface area contributed by atoms with Gasteiger partial charge in [0.1, 0.15) is 6.04 Å². The molecule has 0 aliphatic carbocycles. The lowest BCUT2D eigenvalue weighted by molar-refractivity contribution is -0.143. The summed E-state index contributed by atoms with van der Waals surface area (Å²) in [7, 11) is 0. The van der Waals surface area contributed by atoms with Crippen molar-refractivity contribution in [2.24, 2.45) is 11.7 Å². The Morgan fingerprint density at radius 3 is 2.13 bits per heavy atom. The molecule has 0 aromatic heterocycles. The highest BCUT2D eigenvalue weighted by Crippen LogP contribution is 2.29. The molecule has 0 amide bonds. The van der Waals surface area contributed by atoms with E-state index in [0.29, 0.717) is 5.56 Å². The number of alkyl halides is 3. The van der Waals surface area contributed by atoms with Crippen molar-refractivity contribution >= 4 is 18.0 Å². The van der Waals surface area contributed by atoms with Crippen LogP contribution in [0.1, 0.15) is 24.0 Å². The molecule has 5 nitrogen and oxygen atoms in total. The number of hydrogen-bond donors (Lipinski definition) is 3. The SMILES string of the molecule is N[C@@H](C[C@@H](C/C=C/c1ccc(C(F)(F)F)cc1)C(=O)O)C(=O)O. The van der Waals surface area contributed by atoms with Gasteiger partial charge in [-0.2, -0.15) is 13.2 Å². The first-order valence-electron chi connectivity index (χ1n) is 6.66. The number of nitrogens with two attached hydrogens (primary N) is 1. The maximum atomic E-state index is 12.4. The van der Waals surface area contributed by atoms with Crippen molar-refractivity contribution in [3.63, 3.8) is 0 Å². The third kappa shape index (κ3) is 6.11. The van der Waals surface area contributed by atoms with Crippen LogP contribution in [-0.2, 0) is 15.8 Å². The van der Waals surface area contributed by atoms with E-state index < -0.39 is 35.6 Å². The molecular formula is C15H16F3NO4. The quantitative estimate of drug-likeness (QED) is 0.713. The van der Waals surface area contributed by atoms with E-state index in [1.165, 1.54) is 24.3 Å². The molecule has 8 heteroatoms. The van der Waals surface area contributed by atoms with Crippen LogP contribution in [-0.4, -0.2) is 28.2 Å². The Balaban J connectivity index is 2.68. The van der Waals surface area contributed by atoms with Gasteiger partial charge in [0.2, 0.25) is 0 Å². The number of benzene rings is 1. The van der Waals surface area contributed by atoms with Gasteiger partial charge in [-0.15, -0.1) is 0 Å². The molecule has 0 bridgehead atoms. The normalized spacial score (nSPS) is 14.6. The van der Waals surface area contributed by atoms with Gasteiger partial charge < -0.3 is 15.9 Å². The van der Waals surface area contributed by atoms with Crippen LogP contribution in [0.3, 0.4) is 0 Å². The van der Waals surface area contributed by atoms with E-state index in [1.807, 2.05) is 0 Å². The van der Waals surface area contributed by atoms with Crippen LogP contribution in [0.4, 0.5) is 13.2 Å². The molecule has 2 atom stereocenters. The second kappa shape index (κ2) is 7.77. The average Bonchev–Trinajstić information content (AvgIpc) is 2.45. The molecule has 0 unspecified atom stereocenters. The molecule has 126 valence electrons. The predicted octanol–water partition coefficient (Wildman–Crippen LogP) is 2.61. The standard InChI is InChI=1S/C15H16F3NO4/c16-15(17,18)11-6-4-9(5-7-11)2-1-3-10(13(20)21)8-12(19)14(22)23/h1-2,4-7,10,12H,3,8,19H2,(H,20,21)(H,22,23)/b2-1+/t10-,12+/m1/s1. The summed E-state index contributed by atoms with van der Waals surface area (Å²) >= 11 is 0. The molecule has 0 aliphatic heterocycles. The number of hydrogen-bond acceptors (Lipinski definition) is 3. The van der Waals surface area contributed by atoms with Crippen LogP contribution in [0.25, 0.3) is 6.08 Å². The zero-order valence-corrected chi connectivity index (χ0v) is 12.0. The van der Waals surface area contributed by atoms with Gasteiger partial charge in [-0.1, -0.05) is 24.3 Å². The minimum absolute atomic E-state index is 0.0251. The number of carboxylic acids is 2. The van der Waals surface area contributed by atoms with Gasteiger partial charge in [-0.05, 0) is 30.5 Å². The third-order valence-corrected chi connectivity index (χ3v) is 3.17. The first-order chi connectivity index (χ1) is 10.6. The lowest BCUT2D eigenvalue weighted by Crippen LogP contribution is -2.34.